The Morgan fingerprint density at radius 1 is 0.976 bits per heavy atom. The van der Waals surface area contributed by atoms with Gasteiger partial charge in [-0.05, 0) is 69.2 Å². The number of fused-ring (bicyclic) bond motifs is 1. The maximum atomic E-state index is 14.2. The summed E-state index contributed by atoms with van der Waals surface area (Å²) < 4.78 is 5.43. The molecule has 3 rings (SSSR count). The zero-order valence-electron chi connectivity index (χ0n) is 26.0. The largest absolute Gasteiger partial charge is 0.444 e. The fourth-order valence-corrected chi connectivity index (χ4v) is 4.92. The van der Waals surface area contributed by atoms with E-state index in [1.807, 2.05) is 56.0 Å². The fraction of sp³-hybridized carbons (Fsp3) is 0.545. The summed E-state index contributed by atoms with van der Waals surface area (Å²) >= 11 is 0. The standard InChI is InChI=1S/C33H48N4O4/c1-23(36(8)31(40)41-33(5,6)7)29(38)35-28(32(2,3)4)30(39)37-22-26-17-13-12-16-25(26)20-27(37)21-34-19-18-24-14-10-9-11-15-24/h9-17,23,27-28,34H,18-22H2,1-8H3,(H,35,38)/t23-,27-,28+/m0/s1. The molecule has 0 bridgehead atoms. The highest BCUT2D eigenvalue weighted by Crippen LogP contribution is 2.28. The molecule has 1 aliphatic rings. The van der Waals surface area contributed by atoms with E-state index >= 15 is 0 Å². The van der Waals surface area contributed by atoms with Crippen LogP contribution in [0.1, 0.15) is 65.2 Å². The van der Waals surface area contributed by atoms with Crippen molar-refractivity contribution in [1.82, 2.24) is 20.4 Å². The summed E-state index contributed by atoms with van der Waals surface area (Å²) in [4.78, 5) is 43.4. The third-order valence-corrected chi connectivity index (χ3v) is 7.49. The van der Waals surface area contributed by atoms with Crippen LogP contribution in [0.2, 0.25) is 0 Å². The molecule has 0 aromatic heterocycles. The van der Waals surface area contributed by atoms with Crippen LogP contribution < -0.4 is 10.6 Å². The Kier molecular flexibility index (Phi) is 10.6. The molecule has 0 radical (unpaired) electrons. The Hall–Kier alpha value is -3.39. The number of nitrogens with zero attached hydrogens (tertiary/aromatic N) is 2. The summed E-state index contributed by atoms with van der Waals surface area (Å²) in [5.74, 6) is -0.524. The fourth-order valence-electron chi connectivity index (χ4n) is 4.92. The van der Waals surface area contributed by atoms with Gasteiger partial charge in [-0.3, -0.25) is 14.5 Å². The van der Waals surface area contributed by atoms with Crippen LogP contribution in [0, 0.1) is 5.41 Å². The number of rotatable bonds is 9. The van der Waals surface area contributed by atoms with Crippen molar-refractivity contribution in [3.63, 3.8) is 0 Å². The van der Waals surface area contributed by atoms with Gasteiger partial charge in [-0.2, -0.15) is 0 Å². The Balaban J connectivity index is 1.75. The molecule has 0 saturated heterocycles. The number of nitrogens with one attached hydrogen (secondary N) is 2. The zero-order valence-corrected chi connectivity index (χ0v) is 26.0. The Labute approximate surface area is 245 Å². The monoisotopic (exact) mass is 564 g/mol. The Morgan fingerprint density at radius 2 is 1.59 bits per heavy atom. The van der Waals surface area contributed by atoms with Gasteiger partial charge in [0.05, 0.1) is 0 Å². The van der Waals surface area contributed by atoms with Crippen molar-refractivity contribution >= 4 is 17.9 Å². The van der Waals surface area contributed by atoms with Crippen LogP contribution in [0.25, 0.3) is 0 Å². The molecule has 8 nitrogen and oxygen atoms in total. The average Bonchev–Trinajstić information content (AvgIpc) is 2.91. The summed E-state index contributed by atoms with van der Waals surface area (Å²) in [6.45, 7) is 14.8. The highest BCUT2D eigenvalue weighted by atomic mass is 16.6. The molecule has 1 heterocycles. The van der Waals surface area contributed by atoms with Gasteiger partial charge in [-0.1, -0.05) is 75.4 Å². The molecule has 224 valence electrons. The molecule has 8 heteroatoms. The van der Waals surface area contributed by atoms with Crippen molar-refractivity contribution < 1.29 is 19.1 Å². The molecule has 0 saturated carbocycles. The van der Waals surface area contributed by atoms with Gasteiger partial charge in [0.1, 0.15) is 17.7 Å². The van der Waals surface area contributed by atoms with Gasteiger partial charge in [-0.15, -0.1) is 0 Å². The van der Waals surface area contributed by atoms with E-state index in [4.69, 9.17) is 4.74 Å². The predicted molar refractivity (Wildman–Crippen MR) is 162 cm³/mol. The van der Waals surface area contributed by atoms with Gasteiger partial charge in [0.15, 0.2) is 0 Å². The third kappa shape index (κ3) is 9.05. The Morgan fingerprint density at radius 3 is 2.20 bits per heavy atom. The highest BCUT2D eigenvalue weighted by Gasteiger charge is 2.41. The first-order valence-corrected chi connectivity index (χ1v) is 14.6. The van der Waals surface area contributed by atoms with Crippen LogP contribution in [0.4, 0.5) is 4.79 Å². The number of hydrogen-bond acceptors (Lipinski definition) is 5. The third-order valence-electron chi connectivity index (χ3n) is 7.49. The van der Waals surface area contributed by atoms with E-state index in [0.29, 0.717) is 13.1 Å². The number of carbonyl (C=O) groups excluding carboxylic acids is 3. The summed E-state index contributed by atoms with van der Waals surface area (Å²) in [5.41, 5.74) is 2.40. The molecular weight excluding hydrogens is 516 g/mol. The average molecular weight is 565 g/mol. The molecule has 0 spiro atoms. The minimum atomic E-state index is -0.819. The van der Waals surface area contributed by atoms with E-state index in [9.17, 15) is 14.4 Å². The van der Waals surface area contributed by atoms with Crippen molar-refractivity contribution in [2.75, 3.05) is 20.1 Å². The van der Waals surface area contributed by atoms with E-state index in [-0.39, 0.29) is 11.9 Å². The van der Waals surface area contributed by atoms with E-state index < -0.39 is 35.1 Å². The molecule has 0 unspecified atom stereocenters. The summed E-state index contributed by atoms with van der Waals surface area (Å²) in [7, 11) is 1.53. The second-order valence-corrected chi connectivity index (χ2v) is 13.1. The van der Waals surface area contributed by atoms with Crippen LogP contribution in [0.5, 0.6) is 0 Å². The summed E-state index contributed by atoms with van der Waals surface area (Å²) in [6.07, 6.45) is 1.05. The number of carbonyl (C=O) groups is 3. The number of amides is 3. The van der Waals surface area contributed by atoms with Gasteiger partial charge < -0.3 is 20.3 Å². The lowest BCUT2D eigenvalue weighted by Gasteiger charge is -2.42. The van der Waals surface area contributed by atoms with Gasteiger partial charge in [0, 0.05) is 26.2 Å². The van der Waals surface area contributed by atoms with Crippen LogP contribution in [-0.2, 0) is 33.7 Å². The van der Waals surface area contributed by atoms with E-state index in [1.54, 1.807) is 27.7 Å². The molecule has 2 aromatic carbocycles. The second kappa shape index (κ2) is 13.5. The normalized spacial score (nSPS) is 16.8. The summed E-state index contributed by atoms with van der Waals surface area (Å²) in [6, 6.07) is 16.9. The van der Waals surface area contributed by atoms with Crippen molar-refractivity contribution in [3.05, 3.63) is 71.3 Å². The van der Waals surface area contributed by atoms with Gasteiger partial charge in [0.25, 0.3) is 0 Å². The number of benzene rings is 2. The van der Waals surface area contributed by atoms with Crippen LogP contribution in [-0.4, -0.2) is 71.6 Å². The lowest BCUT2D eigenvalue weighted by atomic mass is 9.84. The smallest absolute Gasteiger partial charge is 0.410 e. The van der Waals surface area contributed by atoms with Crippen molar-refractivity contribution in [2.24, 2.45) is 5.41 Å². The highest BCUT2D eigenvalue weighted by molar-refractivity contribution is 5.91. The molecular formula is C33H48N4O4. The lowest BCUT2D eigenvalue weighted by molar-refractivity contribution is -0.143. The van der Waals surface area contributed by atoms with Crippen LogP contribution >= 0.6 is 0 Å². The molecule has 1 aliphatic heterocycles. The SMILES string of the molecule is C[C@@H](C(=O)N[C@H](C(=O)N1Cc2ccccc2C[C@H]1CNCCc1ccccc1)C(C)(C)C)N(C)C(=O)OC(C)(C)C. The first kappa shape index (κ1) is 32.1. The van der Waals surface area contributed by atoms with Crippen LogP contribution in [0.15, 0.2) is 54.6 Å². The van der Waals surface area contributed by atoms with Gasteiger partial charge in [0.2, 0.25) is 11.8 Å². The molecule has 41 heavy (non-hydrogen) atoms. The number of ether oxygens (including phenoxy) is 1. The van der Waals surface area contributed by atoms with Crippen molar-refractivity contribution in [3.8, 4) is 0 Å². The minimum absolute atomic E-state index is 0.0585. The second-order valence-electron chi connectivity index (χ2n) is 13.1. The molecule has 3 amide bonds. The molecule has 2 aromatic rings. The van der Waals surface area contributed by atoms with Crippen LogP contribution in [0.3, 0.4) is 0 Å². The first-order valence-electron chi connectivity index (χ1n) is 14.6. The first-order chi connectivity index (χ1) is 19.2. The van der Waals surface area contributed by atoms with Gasteiger partial charge in [-0.25, -0.2) is 4.79 Å². The molecule has 3 atom stereocenters. The van der Waals surface area contributed by atoms with Crippen molar-refractivity contribution in [2.45, 2.75) is 91.6 Å². The quantitative estimate of drug-likeness (QED) is 0.436. The molecule has 2 N–H and O–H groups in total. The lowest BCUT2D eigenvalue weighted by Crippen LogP contribution is -2.61. The predicted octanol–water partition coefficient (Wildman–Crippen LogP) is 4.56. The van der Waals surface area contributed by atoms with E-state index in [2.05, 4.69) is 34.9 Å². The van der Waals surface area contributed by atoms with E-state index in [0.717, 1.165) is 24.9 Å². The number of likely N-dealkylation sites (N-methyl/N-ethyl adjacent to an activating group) is 1. The zero-order chi connectivity index (χ0) is 30.4. The van der Waals surface area contributed by atoms with Gasteiger partial charge >= 0.3 is 6.09 Å². The maximum absolute atomic E-state index is 14.2. The Bertz CT molecular complexity index is 1190. The number of hydrogen-bond donors (Lipinski definition) is 2. The topological polar surface area (TPSA) is 91.0 Å². The molecule has 0 fully saturated rings. The van der Waals surface area contributed by atoms with Crippen molar-refractivity contribution in [1.29, 1.82) is 0 Å². The minimum Gasteiger partial charge on any atom is -0.444 e. The summed E-state index contributed by atoms with van der Waals surface area (Å²) in [5, 5.41) is 6.55. The van der Waals surface area contributed by atoms with E-state index in [1.165, 1.54) is 23.1 Å². The maximum Gasteiger partial charge on any atom is 0.410 e. The molecule has 0 aliphatic carbocycles.